The maximum Gasteiger partial charge on any atom is 0.410 e. The SMILES string of the molecule is CC(C)(C)OC(=O)N1C[C@H]2C[C@H]2[C@@H]1Cc1ccccc1. The third-order valence-corrected chi connectivity index (χ3v) is 4.22. The molecule has 3 rings (SSSR count). The van der Waals surface area contributed by atoms with Crippen molar-refractivity contribution < 1.29 is 9.53 Å². The Kier molecular flexibility index (Phi) is 3.23. The summed E-state index contributed by atoms with van der Waals surface area (Å²) in [5.74, 6) is 1.39. The zero-order valence-electron chi connectivity index (χ0n) is 12.5. The number of amides is 1. The Morgan fingerprint density at radius 3 is 2.65 bits per heavy atom. The van der Waals surface area contributed by atoms with Crippen LogP contribution in [-0.4, -0.2) is 29.2 Å². The maximum atomic E-state index is 12.3. The van der Waals surface area contributed by atoms with E-state index in [9.17, 15) is 4.79 Å². The number of likely N-dealkylation sites (tertiary alicyclic amines) is 1. The van der Waals surface area contributed by atoms with Crippen molar-refractivity contribution in [3.8, 4) is 0 Å². The molecule has 1 aliphatic carbocycles. The lowest BCUT2D eigenvalue weighted by Crippen LogP contribution is -2.42. The molecular weight excluding hydrogens is 250 g/mol. The first kappa shape index (κ1) is 13.5. The number of ether oxygens (including phenoxy) is 1. The lowest BCUT2D eigenvalue weighted by atomic mass is 10.0. The van der Waals surface area contributed by atoms with Crippen LogP contribution in [0.3, 0.4) is 0 Å². The summed E-state index contributed by atoms with van der Waals surface area (Å²) in [5, 5.41) is 0. The summed E-state index contributed by atoms with van der Waals surface area (Å²) in [6.45, 7) is 6.65. The van der Waals surface area contributed by atoms with Crippen molar-refractivity contribution in [2.75, 3.05) is 6.54 Å². The van der Waals surface area contributed by atoms with Crippen LogP contribution in [0.5, 0.6) is 0 Å². The Bertz CT molecular complexity index is 491. The Balaban J connectivity index is 1.70. The first-order valence-corrected chi connectivity index (χ1v) is 7.47. The average molecular weight is 273 g/mol. The van der Waals surface area contributed by atoms with Crippen LogP contribution >= 0.6 is 0 Å². The van der Waals surface area contributed by atoms with E-state index in [4.69, 9.17) is 4.74 Å². The zero-order chi connectivity index (χ0) is 14.3. The molecule has 1 amide bonds. The number of nitrogens with zero attached hydrogens (tertiary/aromatic N) is 1. The van der Waals surface area contributed by atoms with Crippen LogP contribution in [0.1, 0.15) is 32.8 Å². The van der Waals surface area contributed by atoms with Crippen molar-refractivity contribution in [2.24, 2.45) is 11.8 Å². The number of piperidine rings is 1. The molecule has 1 heterocycles. The van der Waals surface area contributed by atoms with Crippen molar-refractivity contribution in [1.82, 2.24) is 4.90 Å². The lowest BCUT2D eigenvalue weighted by Gasteiger charge is -2.30. The predicted octanol–water partition coefficient (Wildman–Crippen LogP) is 3.48. The molecule has 0 aromatic heterocycles. The summed E-state index contributed by atoms with van der Waals surface area (Å²) in [7, 11) is 0. The molecule has 2 aliphatic rings. The summed E-state index contributed by atoms with van der Waals surface area (Å²) in [6, 6.07) is 10.8. The van der Waals surface area contributed by atoms with Gasteiger partial charge in [0.25, 0.3) is 0 Å². The molecule has 108 valence electrons. The molecule has 1 saturated carbocycles. The molecule has 0 N–H and O–H groups in total. The minimum absolute atomic E-state index is 0.148. The molecule has 2 fully saturated rings. The molecule has 0 bridgehead atoms. The van der Waals surface area contributed by atoms with E-state index in [2.05, 4.69) is 24.3 Å². The van der Waals surface area contributed by atoms with Crippen molar-refractivity contribution >= 4 is 6.09 Å². The van der Waals surface area contributed by atoms with E-state index >= 15 is 0 Å². The molecule has 3 nitrogen and oxygen atoms in total. The van der Waals surface area contributed by atoms with E-state index in [1.165, 1.54) is 12.0 Å². The van der Waals surface area contributed by atoms with Gasteiger partial charge in [0.05, 0.1) is 0 Å². The van der Waals surface area contributed by atoms with Crippen LogP contribution < -0.4 is 0 Å². The summed E-state index contributed by atoms with van der Waals surface area (Å²) in [4.78, 5) is 14.3. The van der Waals surface area contributed by atoms with Gasteiger partial charge < -0.3 is 9.64 Å². The van der Waals surface area contributed by atoms with Crippen LogP contribution in [-0.2, 0) is 11.2 Å². The largest absolute Gasteiger partial charge is 0.444 e. The average Bonchev–Trinajstić information content (AvgIpc) is 3.05. The molecule has 3 heteroatoms. The number of carbonyl (C=O) groups is 1. The van der Waals surface area contributed by atoms with Gasteiger partial charge in [-0.05, 0) is 51.0 Å². The zero-order valence-corrected chi connectivity index (χ0v) is 12.5. The van der Waals surface area contributed by atoms with Gasteiger partial charge in [-0.3, -0.25) is 0 Å². The van der Waals surface area contributed by atoms with Crippen molar-refractivity contribution in [3.05, 3.63) is 35.9 Å². The van der Waals surface area contributed by atoms with Crippen molar-refractivity contribution in [3.63, 3.8) is 0 Å². The molecular formula is C17H23NO2. The number of benzene rings is 1. The monoisotopic (exact) mass is 273 g/mol. The van der Waals surface area contributed by atoms with Gasteiger partial charge in [0.2, 0.25) is 0 Å². The van der Waals surface area contributed by atoms with Crippen LogP contribution in [0.15, 0.2) is 30.3 Å². The highest BCUT2D eigenvalue weighted by atomic mass is 16.6. The topological polar surface area (TPSA) is 29.5 Å². The molecule has 20 heavy (non-hydrogen) atoms. The van der Waals surface area contributed by atoms with Gasteiger partial charge >= 0.3 is 6.09 Å². The smallest absolute Gasteiger partial charge is 0.410 e. The molecule has 0 radical (unpaired) electrons. The molecule has 1 aromatic carbocycles. The fraction of sp³-hybridized carbons (Fsp3) is 0.588. The highest BCUT2D eigenvalue weighted by Gasteiger charge is 2.54. The van der Waals surface area contributed by atoms with Crippen LogP contribution in [0.2, 0.25) is 0 Å². The Hall–Kier alpha value is -1.51. The minimum Gasteiger partial charge on any atom is -0.444 e. The van der Waals surface area contributed by atoms with Gasteiger partial charge in [0.1, 0.15) is 5.60 Å². The second-order valence-electron chi connectivity index (χ2n) is 7.05. The first-order chi connectivity index (χ1) is 9.44. The van der Waals surface area contributed by atoms with E-state index in [0.29, 0.717) is 17.9 Å². The normalized spacial score (nSPS) is 28.1. The Labute approximate surface area is 120 Å². The first-order valence-electron chi connectivity index (χ1n) is 7.47. The maximum absolute atomic E-state index is 12.3. The van der Waals surface area contributed by atoms with Crippen LogP contribution in [0.25, 0.3) is 0 Å². The lowest BCUT2D eigenvalue weighted by molar-refractivity contribution is 0.0193. The quantitative estimate of drug-likeness (QED) is 0.825. The second kappa shape index (κ2) is 4.80. The predicted molar refractivity (Wildman–Crippen MR) is 78.5 cm³/mol. The van der Waals surface area contributed by atoms with Gasteiger partial charge in [-0.2, -0.15) is 0 Å². The fourth-order valence-corrected chi connectivity index (χ4v) is 3.22. The van der Waals surface area contributed by atoms with Gasteiger partial charge in [-0.25, -0.2) is 4.79 Å². The van der Waals surface area contributed by atoms with Crippen molar-refractivity contribution in [2.45, 2.75) is 45.3 Å². The minimum atomic E-state index is -0.416. The van der Waals surface area contributed by atoms with E-state index in [1.807, 2.05) is 31.7 Å². The van der Waals surface area contributed by atoms with Gasteiger partial charge in [-0.1, -0.05) is 30.3 Å². The van der Waals surface area contributed by atoms with E-state index in [-0.39, 0.29) is 6.09 Å². The highest BCUT2D eigenvalue weighted by Crippen LogP contribution is 2.50. The third kappa shape index (κ3) is 2.82. The Morgan fingerprint density at radius 1 is 1.30 bits per heavy atom. The van der Waals surface area contributed by atoms with E-state index in [0.717, 1.165) is 13.0 Å². The number of rotatable bonds is 2. The van der Waals surface area contributed by atoms with Crippen molar-refractivity contribution in [1.29, 1.82) is 0 Å². The molecule has 1 aliphatic heterocycles. The summed E-state index contributed by atoms with van der Waals surface area (Å²) >= 11 is 0. The standard InChI is InChI=1S/C17H23NO2/c1-17(2,3)20-16(19)18-11-13-10-14(13)15(18)9-12-7-5-4-6-8-12/h4-8,13-15H,9-11H2,1-3H3/t13-,14-,15+/m1/s1. The van der Waals surface area contributed by atoms with Gasteiger partial charge in [0, 0.05) is 12.6 Å². The molecule has 1 aromatic rings. The number of carbonyl (C=O) groups excluding carboxylic acids is 1. The van der Waals surface area contributed by atoms with Crippen LogP contribution in [0, 0.1) is 11.8 Å². The number of hydrogen-bond acceptors (Lipinski definition) is 2. The van der Waals surface area contributed by atoms with E-state index < -0.39 is 5.60 Å². The third-order valence-electron chi connectivity index (χ3n) is 4.22. The molecule has 3 atom stereocenters. The highest BCUT2D eigenvalue weighted by molar-refractivity contribution is 5.69. The summed E-state index contributed by atoms with van der Waals surface area (Å²) < 4.78 is 5.55. The second-order valence-corrected chi connectivity index (χ2v) is 7.05. The van der Waals surface area contributed by atoms with Crippen LogP contribution in [0.4, 0.5) is 4.79 Å². The van der Waals surface area contributed by atoms with Gasteiger partial charge in [-0.15, -0.1) is 0 Å². The fourth-order valence-electron chi connectivity index (χ4n) is 3.22. The number of fused-ring (bicyclic) bond motifs is 1. The van der Waals surface area contributed by atoms with E-state index in [1.54, 1.807) is 0 Å². The van der Waals surface area contributed by atoms with Gasteiger partial charge in [0.15, 0.2) is 0 Å². The summed E-state index contributed by atoms with van der Waals surface area (Å²) in [6.07, 6.45) is 2.07. The Morgan fingerprint density at radius 2 is 2.00 bits per heavy atom. The molecule has 0 unspecified atom stereocenters. The molecule has 1 saturated heterocycles. The molecule has 0 spiro atoms. The number of hydrogen-bond donors (Lipinski definition) is 0. The summed E-state index contributed by atoms with van der Waals surface area (Å²) in [5.41, 5.74) is 0.889.